The Morgan fingerprint density at radius 1 is 1.33 bits per heavy atom. The molecule has 0 saturated carbocycles. The summed E-state index contributed by atoms with van der Waals surface area (Å²) in [4.78, 5) is 26.2. The van der Waals surface area contributed by atoms with E-state index in [0.717, 1.165) is 0 Å². The van der Waals surface area contributed by atoms with Crippen molar-refractivity contribution in [2.75, 3.05) is 4.90 Å². The zero-order valence-corrected chi connectivity index (χ0v) is 12.9. The third kappa shape index (κ3) is 3.02. The number of piperazine rings is 1. The largest absolute Gasteiger partial charge is 0.342 e. The molecule has 21 heavy (non-hydrogen) atoms. The second-order valence-corrected chi connectivity index (χ2v) is 5.93. The molecule has 1 fully saturated rings. The smallest absolute Gasteiger partial charge is 0.250 e. The third-order valence-electron chi connectivity index (χ3n) is 3.59. The number of nitrogens with one attached hydrogen (secondary N) is 1. The zero-order valence-electron chi connectivity index (χ0n) is 12.2. The maximum Gasteiger partial charge on any atom is 0.250 e. The molecule has 4 nitrogen and oxygen atoms in total. The van der Waals surface area contributed by atoms with E-state index >= 15 is 0 Å². The van der Waals surface area contributed by atoms with Crippen LogP contribution < -0.4 is 10.2 Å². The molecule has 2 atom stereocenters. The molecule has 2 unspecified atom stereocenters. The van der Waals surface area contributed by atoms with Crippen LogP contribution in [-0.4, -0.2) is 23.9 Å². The van der Waals surface area contributed by atoms with Crippen molar-refractivity contribution < 1.29 is 14.0 Å². The Bertz CT molecular complexity index is 557. The maximum absolute atomic E-state index is 13.6. The minimum absolute atomic E-state index is 0.0502. The summed E-state index contributed by atoms with van der Waals surface area (Å²) in [5.41, 5.74) is 0.317. The number of nitrogens with zero attached hydrogens (tertiary/aromatic N) is 1. The van der Waals surface area contributed by atoms with Crippen molar-refractivity contribution in [3.63, 3.8) is 0 Å². The lowest BCUT2D eigenvalue weighted by atomic mass is 9.96. The molecule has 6 heteroatoms. The van der Waals surface area contributed by atoms with Crippen LogP contribution in [0.25, 0.3) is 0 Å². The van der Waals surface area contributed by atoms with E-state index in [9.17, 15) is 14.0 Å². The van der Waals surface area contributed by atoms with Crippen molar-refractivity contribution in [3.05, 3.63) is 29.0 Å². The monoisotopic (exact) mass is 312 g/mol. The van der Waals surface area contributed by atoms with E-state index in [1.165, 1.54) is 23.1 Å². The summed E-state index contributed by atoms with van der Waals surface area (Å²) in [6.07, 6.45) is 0.441. The Kier molecular flexibility index (Phi) is 4.52. The van der Waals surface area contributed by atoms with Gasteiger partial charge in [0.15, 0.2) is 0 Å². The van der Waals surface area contributed by atoms with Gasteiger partial charge in [0.1, 0.15) is 17.9 Å². The minimum Gasteiger partial charge on any atom is -0.342 e. The van der Waals surface area contributed by atoms with E-state index in [2.05, 4.69) is 5.32 Å². The van der Waals surface area contributed by atoms with E-state index in [1.54, 1.807) is 6.92 Å². The molecular formula is C15H18ClFN2O2. The Morgan fingerprint density at radius 2 is 2.00 bits per heavy atom. The number of carbonyl (C=O) groups is 2. The molecule has 0 bridgehead atoms. The van der Waals surface area contributed by atoms with Crippen molar-refractivity contribution in [3.8, 4) is 0 Å². The van der Waals surface area contributed by atoms with Crippen molar-refractivity contribution >= 4 is 29.1 Å². The topological polar surface area (TPSA) is 49.4 Å². The average Bonchev–Trinajstić information content (AvgIpc) is 2.38. The molecule has 1 aromatic carbocycles. The number of hydrogen-bond acceptors (Lipinski definition) is 2. The van der Waals surface area contributed by atoms with Gasteiger partial charge in [0.2, 0.25) is 5.91 Å². The van der Waals surface area contributed by atoms with Crippen LogP contribution in [0.4, 0.5) is 10.1 Å². The molecule has 0 spiro atoms. The van der Waals surface area contributed by atoms with Crippen molar-refractivity contribution in [2.45, 2.75) is 39.3 Å². The Balaban J connectivity index is 2.49. The van der Waals surface area contributed by atoms with Gasteiger partial charge in [0.25, 0.3) is 5.91 Å². The first-order chi connectivity index (χ1) is 9.85. The molecule has 114 valence electrons. The standard InChI is InChI=1S/C15H18ClFN2O2/c1-4-12-14(20)18-13(8(2)3)15(21)19(12)11-6-9(16)5-10(17)7-11/h5-8,12-13H,4H2,1-3H3,(H,18,20). The van der Waals surface area contributed by atoms with Gasteiger partial charge in [0.05, 0.1) is 0 Å². The molecule has 0 aliphatic carbocycles. The van der Waals surface area contributed by atoms with Crippen LogP contribution in [-0.2, 0) is 9.59 Å². The lowest BCUT2D eigenvalue weighted by Gasteiger charge is -2.40. The number of anilines is 1. The fraction of sp³-hybridized carbons (Fsp3) is 0.467. The SMILES string of the molecule is CCC1C(=O)NC(C(C)C)C(=O)N1c1cc(F)cc(Cl)c1. The van der Waals surface area contributed by atoms with Crippen LogP contribution in [0, 0.1) is 11.7 Å². The molecule has 1 aliphatic rings. The van der Waals surface area contributed by atoms with E-state index in [4.69, 9.17) is 11.6 Å². The van der Waals surface area contributed by atoms with Crippen molar-refractivity contribution in [1.82, 2.24) is 5.32 Å². The molecule has 2 amide bonds. The number of amides is 2. The van der Waals surface area contributed by atoms with Crippen LogP contribution in [0.1, 0.15) is 27.2 Å². The first kappa shape index (κ1) is 15.8. The third-order valence-corrected chi connectivity index (χ3v) is 3.81. The second-order valence-electron chi connectivity index (χ2n) is 5.49. The van der Waals surface area contributed by atoms with Crippen LogP contribution in [0.15, 0.2) is 18.2 Å². The lowest BCUT2D eigenvalue weighted by Crippen LogP contribution is -2.65. The number of carbonyl (C=O) groups excluding carboxylic acids is 2. The molecule has 1 saturated heterocycles. The highest BCUT2D eigenvalue weighted by Gasteiger charge is 2.41. The normalized spacial score (nSPS) is 22.7. The molecular weight excluding hydrogens is 295 g/mol. The van der Waals surface area contributed by atoms with Crippen LogP contribution in [0.2, 0.25) is 5.02 Å². The molecule has 1 aliphatic heterocycles. The van der Waals surface area contributed by atoms with E-state index < -0.39 is 17.9 Å². The van der Waals surface area contributed by atoms with Crippen LogP contribution in [0.5, 0.6) is 0 Å². The number of benzene rings is 1. The molecule has 2 rings (SSSR count). The van der Waals surface area contributed by atoms with Gasteiger partial charge in [-0.15, -0.1) is 0 Å². The van der Waals surface area contributed by atoms with Crippen LogP contribution >= 0.6 is 11.6 Å². The highest BCUT2D eigenvalue weighted by atomic mass is 35.5. The van der Waals surface area contributed by atoms with Gasteiger partial charge in [0, 0.05) is 10.7 Å². The summed E-state index contributed by atoms with van der Waals surface area (Å²) in [5, 5.41) is 2.93. The van der Waals surface area contributed by atoms with Gasteiger partial charge in [-0.2, -0.15) is 0 Å². The fourth-order valence-corrected chi connectivity index (χ4v) is 2.75. The maximum atomic E-state index is 13.6. The molecule has 0 radical (unpaired) electrons. The summed E-state index contributed by atoms with van der Waals surface area (Å²) in [5.74, 6) is -1.05. The van der Waals surface area contributed by atoms with Crippen molar-refractivity contribution in [1.29, 1.82) is 0 Å². The molecule has 1 N–H and O–H groups in total. The molecule has 1 aromatic rings. The predicted octanol–water partition coefficient (Wildman–Crippen LogP) is 2.75. The number of halogens is 2. The zero-order chi connectivity index (χ0) is 15.7. The van der Waals surface area contributed by atoms with E-state index in [1.807, 2.05) is 13.8 Å². The van der Waals surface area contributed by atoms with Gasteiger partial charge in [-0.3, -0.25) is 14.5 Å². The highest BCUT2D eigenvalue weighted by molar-refractivity contribution is 6.31. The first-order valence-corrected chi connectivity index (χ1v) is 7.32. The first-order valence-electron chi connectivity index (χ1n) is 6.94. The Labute approximate surface area is 128 Å². The van der Waals surface area contributed by atoms with Gasteiger partial charge in [-0.1, -0.05) is 32.4 Å². The predicted molar refractivity (Wildman–Crippen MR) is 79.7 cm³/mol. The average molecular weight is 313 g/mol. The second kappa shape index (κ2) is 6.02. The van der Waals surface area contributed by atoms with Gasteiger partial charge < -0.3 is 5.32 Å². The molecule has 0 aromatic heterocycles. The van der Waals surface area contributed by atoms with Gasteiger partial charge in [-0.25, -0.2) is 4.39 Å². The highest BCUT2D eigenvalue weighted by Crippen LogP contribution is 2.28. The number of rotatable bonds is 3. The van der Waals surface area contributed by atoms with Gasteiger partial charge in [-0.05, 0) is 30.5 Å². The Hall–Kier alpha value is -1.62. The summed E-state index contributed by atoms with van der Waals surface area (Å²) in [6, 6.07) is 2.64. The summed E-state index contributed by atoms with van der Waals surface area (Å²) in [6.45, 7) is 5.51. The Morgan fingerprint density at radius 3 is 2.52 bits per heavy atom. The minimum atomic E-state index is -0.648. The van der Waals surface area contributed by atoms with Gasteiger partial charge >= 0.3 is 0 Å². The quantitative estimate of drug-likeness (QED) is 0.933. The number of hydrogen-bond donors (Lipinski definition) is 1. The summed E-state index contributed by atoms with van der Waals surface area (Å²) in [7, 11) is 0. The van der Waals surface area contributed by atoms with Crippen molar-refractivity contribution in [2.24, 2.45) is 5.92 Å². The molecule has 1 heterocycles. The fourth-order valence-electron chi connectivity index (χ4n) is 2.54. The summed E-state index contributed by atoms with van der Waals surface area (Å²) < 4.78 is 13.6. The van der Waals surface area contributed by atoms with E-state index in [-0.39, 0.29) is 22.8 Å². The van der Waals surface area contributed by atoms with E-state index in [0.29, 0.717) is 12.1 Å². The lowest BCUT2D eigenvalue weighted by molar-refractivity contribution is -0.134. The van der Waals surface area contributed by atoms with Crippen LogP contribution in [0.3, 0.4) is 0 Å². The summed E-state index contributed by atoms with van der Waals surface area (Å²) >= 11 is 5.86.